The Hall–Kier alpha value is -1.44. The van der Waals surface area contributed by atoms with Crippen LogP contribution in [0.5, 0.6) is 0 Å². The molecule has 1 amide bonds. The van der Waals surface area contributed by atoms with Gasteiger partial charge in [0.1, 0.15) is 0 Å². The van der Waals surface area contributed by atoms with Gasteiger partial charge in [-0.15, -0.1) is 0 Å². The Bertz CT molecular complexity index is 477. The Morgan fingerprint density at radius 1 is 1.53 bits per heavy atom. The third-order valence-corrected chi connectivity index (χ3v) is 3.55. The van der Waals surface area contributed by atoms with Gasteiger partial charge in [0.25, 0.3) is 5.91 Å². The van der Waals surface area contributed by atoms with Gasteiger partial charge in [-0.2, -0.15) is 11.8 Å². The normalized spacial score (nSPS) is 11.3. The van der Waals surface area contributed by atoms with E-state index in [2.05, 4.69) is 24.1 Å². The predicted molar refractivity (Wildman–Crippen MR) is 82.3 cm³/mol. The Morgan fingerprint density at radius 2 is 2.32 bits per heavy atom. The van der Waals surface area contributed by atoms with Crippen LogP contribution in [0.15, 0.2) is 24.3 Å². The van der Waals surface area contributed by atoms with E-state index in [1.165, 1.54) is 0 Å². The summed E-state index contributed by atoms with van der Waals surface area (Å²) in [5, 5.41) is 2.98. The molecule has 3 N–H and O–H groups in total. The quantitative estimate of drug-likeness (QED) is 0.807. The summed E-state index contributed by atoms with van der Waals surface area (Å²) >= 11 is 1.82. The largest absolute Gasteiger partial charge is 0.349 e. The van der Waals surface area contributed by atoms with E-state index < -0.39 is 0 Å². The van der Waals surface area contributed by atoms with Gasteiger partial charge in [-0.3, -0.25) is 4.79 Å². The molecule has 0 radical (unpaired) electrons. The highest BCUT2D eigenvalue weighted by molar-refractivity contribution is 7.99. The summed E-state index contributed by atoms with van der Waals surface area (Å²) in [7, 11) is 0. The van der Waals surface area contributed by atoms with E-state index in [1.807, 2.05) is 30.8 Å². The minimum absolute atomic E-state index is 0.0550. The summed E-state index contributed by atoms with van der Waals surface area (Å²) < 4.78 is 0. The Morgan fingerprint density at radius 3 is 3.00 bits per heavy atom. The molecule has 0 heterocycles. The van der Waals surface area contributed by atoms with E-state index in [9.17, 15) is 4.79 Å². The lowest BCUT2D eigenvalue weighted by atomic mass is 10.1. The molecular weight excluding hydrogens is 256 g/mol. The molecule has 1 aromatic rings. The van der Waals surface area contributed by atoms with Crippen molar-refractivity contribution in [2.45, 2.75) is 19.9 Å². The highest BCUT2D eigenvalue weighted by Crippen LogP contribution is 2.06. The SMILES string of the molecule is CCSCC(C)NC(=O)c1cccc(C#CCN)c1. The van der Waals surface area contributed by atoms with Crippen LogP contribution >= 0.6 is 11.8 Å². The van der Waals surface area contributed by atoms with Gasteiger partial charge in [0, 0.05) is 22.9 Å². The number of thioether (sulfide) groups is 1. The fourth-order valence-electron chi connectivity index (χ4n) is 1.53. The second kappa shape index (κ2) is 8.63. The van der Waals surface area contributed by atoms with Crippen LogP contribution in [-0.2, 0) is 0 Å². The molecule has 0 aliphatic rings. The summed E-state index contributed by atoms with van der Waals surface area (Å²) in [6.45, 7) is 4.44. The van der Waals surface area contributed by atoms with Crippen molar-refractivity contribution >= 4 is 17.7 Å². The maximum absolute atomic E-state index is 12.1. The van der Waals surface area contributed by atoms with Gasteiger partial charge in [-0.1, -0.05) is 24.8 Å². The van der Waals surface area contributed by atoms with Crippen molar-refractivity contribution in [2.75, 3.05) is 18.1 Å². The van der Waals surface area contributed by atoms with E-state index in [0.29, 0.717) is 12.1 Å². The molecule has 1 aromatic carbocycles. The van der Waals surface area contributed by atoms with E-state index in [-0.39, 0.29) is 11.9 Å². The number of hydrogen-bond donors (Lipinski definition) is 2. The summed E-state index contributed by atoms with van der Waals surface area (Å²) in [6.07, 6.45) is 0. The Labute approximate surface area is 119 Å². The molecule has 19 heavy (non-hydrogen) atoms. The Kier molecular flexibility index (Phi) is 7.09. The molecule has 0 bridgehead atoms. The molecular formula is C15H20N2OS. The molecule has 0 aliphatic heterocycles. The van der Waals surface area contributed by atoms with Crippen molar-refractivity contribution < 1.29 is 4.79 Å². The number of nitrogens with one attached hydrogen (secondary N) is 1. The van der Waals surface area contributed by atoms with Crippen molar-refractivity contribution in [2.24, 2.45) is 5.73 Å². The van der Waals surface area contributed by atoms with Gasteiger partial charge in [-0.25, -0.2) is 0 Å². The smallest absolute Gasteiger partial charge is 0.251 e. The number of hydrogen-bond acceptors (Lipinski definition) is 3. The molecule has 102 valence electrons. The first-order chi connectivity index (χ1) is 9.17. The summed E-state index contributed by atoms with van der Waals surface area (Å²) in [6, 6.07) is 7.45. The third kappa shape index (κ3) is 5.82. The molecule has 0 aliphatic carbocycles. The average Bonchev–Trinajstić information content (AvgIpc) is 2.43. The van der Waals surface area contributed by atoms with Crippen molar-refractivity contribution in [3.8, 4) is 11.8 Å². The van der Waals surface area contributed by atoms with Crippen molar-refractivity contribution in [3.63, 3.8) is 0 Å². The first-order valence-electron chi connectivity index (χ1n) is 6.35. The van der Waals surface area contributed by atoms with Crippen LogP contribution < -0.4 is 11.1 Å². The topological polar surface area (TPSA) is 55.1 Å². The monoisotopic (exact) mass is 276 g/mol. The van der Waals surface area contributed by atoms with E-state index >= 15 is 0 Å². The molecule has 0 spiro atoms. The third-order valence-electron chi connectivity index (χ3n) is 2.41. The maximum Gasteiger partial charge on any atom is 0.251 e. The van der Waals surface area contributed by atoms with Gasteiger partial charge in [-0.05, 0) is 30.9 Å². The second-order valence-electron chi connectivity index (χ2n) is 4.12. The van der Waals surface area contributed by atoms with Gasteiger partial charge in [0.15, 0.2) is 0 Å². The van der Waals surface area contributed by atoms with E-state index in [1.54, 1.807) is 12.1 Å². The average molecular weight is 276 g/mol. The number of carbonyl (C=O) groups excluding carboxylic acids is 1. The van der Waals surface area contributed by atoms with Gasteiger partial charge < -0.3 is 11.1 Å². The number of rotatable bonds is 5. The minimum Gasteiger partial charge on any atom is -0.349 e. The molecule has 4 heteroatoms. The number of amides is 1. The molecule has 0 fully saturated rings. The summed E-state index contributed by atoms with van der Waals surface area (Å²) in [5.41, 5.74) is 6.78. The zero-order valence-electron chi connectivity index (χ0n) is 11.4. The number of carbonyl (C=O) groups is 1. The van der Waals surface area contributed by atoms with Crippen molar-refractivity contribution in [1.82, 2.24) is 5.32 Å². The van der Waals surface area contributed by atoms with E-state index in [4.69, 9.17) is 5.73 Å². The number of benzene rings is 1. The first kappa shape index (κ1) is 15.6. The summed E-state index contributed by atoms with van der Waals surface area (Å²) in [4.78, 5) is 12.1. The lowest BCUT2D eigenvalue weighted by molar-refractivity contribution is 0.0943. The van der Waals surface area contributed by atoms with Gasteiger partial charge in [0.2, 0.25) is 0 Å². The van der Waals surface area contributed by atoms with Crippen LogP contribution in [0.3, 0.4) is 0 Å². The standard InChI is InChI=1S/C15H20N2OS/c1-3-19-11-12(2)17-15(18)14-8-4-6-13(10-14)7-5-9-16/h4,6,8,10,12H,3,9,11,16H2,1-2H3,(H,17,18). The highest BCUT2D eigenvalue weighted by Gasteiger charge is 2.09. The van der Waals surface area contributed by atoms with Crippen LogP contribution in [0.4, 0.5) is 0 Å². The van der Waals surface area contributed by atoms with Gasteiger partial charge in [0.05, 0.1) is 6.54 Å². The van der Waals surface area contributed by atoms with E-state index in [0.717, 1.165) is 17.1 Å². The predicted octanol–water partition coefficient (Wildman–Crippen LogP) is 1.87. The first-order valence-corrected chi connectivity index (χ1v) is 7.50. The van der Waals surface area contributed by atoms with Crippen LogP contribution in [0.1, 0.15) is 29.8 Å². The highest BCUT2D eigenvalue weighted by atomic mass is 32.2. The molecule has 0 saturated carbocycles. The summed E-state index contributed by atoms with van der Waals surface area (Å²) in [5.74, 6) is 7.64. The van der Waals surface area contributed by atoms with Gasteiger partial charge >= 0.3 is 0 Å². The molecule has 1 atom stereocenters. The zero-order valence-corrected chi connectivity index (χ0v) is 12.2. The number of nitrogens with two attached hydrogens (primary N) is 1. The van der Waals surface area contributed by atoms with Crippen LogP contribution in [-0.4, -0.2) is 30.0 Å². The lowest BCUT2D eigenvalue weighted by Crippen LogP contribution is -2.34. The van der Waals surface area contributed by atoms with Crippen LogP contribution in [0.2, 0.25) is 0 Å². The lowest BCUT2D eigenvalue weighted by Gasteiger charge is -2.13. The van der Waals surface area contributed by atoms with Crippen LogP contribution in [0, 0.1) is 11.8 Å². The Balaban J connectivity index is 2.66. The molecule has 1 unspecified atom stereocenters. The maximum atomic E-state index is 12.1. The fraction of sp³-hybridized carbons (Fsp3) is 0.400. The van der Waals surface area contributed by atoms with Crippen LogP contribution in [0.25, 0.3) is 0 Å². The molecule has 0 saturated heterocycles. The van der Waals surface area contributed by atoms with Crippen molar-refractivity contribution in [1.29, 1.82) is 0 Å². The fourth-order valence-corrected chi connectivity index (χ4v) is 2.21. The van der Waals surface area contributed by atoms with Crippen molar-refractivity contribution in [3.05, 3.63) is 35.4 Å². The molecule has 3 nitrogen and oxygen atoms in total. The molecule has 0 aromatic heterocycles. The molecule has 1 rings (SSSR count). The second-order valence-corrected chi connectivity index (χ2v) is 5.44. The minimum atomic E-state index is -0.0550. The zero-order chi connectivity index (χ0) is 14.1.